The van der Waals surface area contributed by atoms with Crippen LogP contribution in [0, 0.1) is 0 Å². The van der Waals surface area contributed by atoms with E-state index < -0.39 is 45.9 Å². The van der Waals surface area contributed by atoms with Gasteiger partial charge in [-0.2, -0.15) is 0 Å². The Morgan fingerprint density at radius 2 is 1.45 bits per heavy atom. The van der Waals surface area contributed by atoms with Crippen molar-refractivity contribution in [1.29, 1.82) is 0 Å². The zero-order valence-corrected chi connectivity index (χ0v) is 21.8. The molecule has 40 heavy (non-hydrogen) atoms. The highest BCUT2D eigenvalue weighted by Crippen LogP contribution is 2.44. The van der Waals surface area contributed by atoms with Gasteiger partial charge in [0, 0.05) is 5.92 Å². The van der Waals surface area contributed by atoms with Gasteiger partial charge in [0.2, 0.25) is 5.96 Å². The van der Waals surface area contributed by atoms with Gasteiger partial charge in [-0.05, 0) is 27.8 Å². The first kappa shape index (κ1) is 28.1. The van der Waals surface area contributed by atoms with Crippen LogP contribution in [-0.4, -0.2) is 56.0 Å². The molecule has 1 aliphatic carbocycles. The number of hydrogen-bond acceptors (Lipinski definition) is 7. The molecule has 0 radical (unpaired) electrons. The van der Waals surface area contributed by atoms with Crippen LogP contribution in [0.1, 0.15) is 22.6 Å². The number of alkyl carbamates (subject to hydrolysis) is 2. The molecule has 4 rings (SSSR count). The van der Waals surface area contributed by atoms with Gasteiger partial charge >= 0.3 is 18.2 Å². The van der Waals surface area contributed by atoms with Crippen LogP contribution in [-0.2, 0) is 30.9 Å². The Kier molecular flexibility index (Phi) is 8.64. The molecule has 208 valence electrons. The minimum absolute atomic E-state index is 0.0982. The predicted molar refractivity (Wildman–Crippen MR) is 145 cm³/mol. The van der Waals surface area contributed by atoms with Gasteiger partial charge in [0.1, 0.15) is 25.0 Å². The average Bonchev–Trinajstić information content (AvgIpc) is 3.24. The quantitative estimate of drug-likeness (QED) is 0.223. The van der Waals surface area contributed by atoms with Crippen LogP contribution in [0.2, 0.25) is 0 Å². The number of hydrogen-bond donors (Lipinski definition) is 4. The molecule has 3 aromatic rings. The number of carbonyl (C=O) groups is 3. The lowest BCUT2D eigenvalue weighted by atomic mass is 9.98. The maximum absolute atomic E-state index is 12.5. The SMILES string of the molecule is N/C(=N\S(=O)(=O)C[C@H](NC(=O)OCC1c2ccccc2-c2ccccc21)C(=O)O)NC(=O)OCc1ccccc1. The fraction of sp³-hybridized carbons (Fsp3) is 0.185. The monoisotopic (exact) mass is 566 g/mol. The number of guanidine groups is 1. The second-order valence-electron chi connectivity index (χ2n) is 8.77. The number of carbonyl (C=O) groups excluding carboxylic acids is 2. The molecule has 1 aliphatic rings. The molecule has 0 unspecified atom stereocenters. The van der Waals surface area contributed by atoms with E-state index in [0.717, 1.165) is 22.3 Å². The summed E-state index contributed by atoms with van der Waals surface area (Å²) in [6, 6.07) is 22.1. The van der Waals surface area contributed by atoms with E-state index in [-0.39, 0.29) is 19.1 Å². The van der Waals surface area contributed by atoms with Crippen LogP contribution < -0.4 is 16.4 Å². The number of rotatable bonds is 9. The summed E-state index contributed by atoms with van der Waals surface area (Å²) in [5.74, 6) is -3.89. The topological polar surface area (TPSA) is 186 Å². The van der Waals surface area contributed by atoms with Gasteiger partial charge in [-0.15, -0.1) is 4.40 Å². The van der Waals surface area contributed by atoms with Crippen molar-refractivity contribution >= 4 is 34.1 Å². The Labute approximate surface area is 229 Å². The minimum Gasteiger partial charge on any atom is -0.480 e. The Balaban J connectivity index is 1.32. The summed E-state index contributed by atoms with van der Waals surface area (Å²) in [5, 5.41) is 13.5. The van der Waals surface area contributed by atoms with Crippen LogP contribution in [0.3, 0.4) is 0 Å². The lowest BCUT2D eigenvalue weighted by Gasteiger charge is -2.17. The number of nitrogens with zero attached hydrogens (tertiary/aromatic N) is 1. The van der Waals surface area contributed by atoms with Crippen LogP contribution in [0.5, 0.6) is 0 Å². The van der Waals surface area contributed by atoms with Gasteiger partial charge in [-0.1, -0.05) is 78.9 Å². The van der Waals surface area contributed by atoms with Gasteiger partial charge in [0.05, 0.1) is 0 Å². The molecule has 0 fully saturated rings. The summed E-state index contributed by atoms with van der Waals surface area (Å²) < 4.78 is 38.3. The Morgan fingerprint density at radius 3 is 2.05 bits per heavy atom. The average molecular weight is 567 g/mol. The molecule has 2 amide bonds. The number of amides is 2. The highest BCUT2D eigenvalue weighted by molar-refractivity contribution is 7.90. The van der Waals surface area contributed by atoms with Crippen LogP contribution in [0.15, 0.2) is 83.3 Å². The molecular formula is C27H26N4O8S. The van der Waals surface area contributed by atoms with Gasteiger partial charge in [-0.3, -0.25) is 5.32 Å². The third-order valence-electron chi connectivity index (χ3n) is 5.99. The predicted octanol–water partition coefficient (Wildman–Crippen LogP) is 2.55. The van der Waals surface area contributed by atoms with E-state index in [4.69, 9.17) is 15.2 Å². The lowest BCUT2D eigenvalue weighted by Crippen LogP contribution is -2.46. The van der Waals surface area contributed by atoms with E-state index in [1.54, 1.807) is 30.3 Å². The van der Waals surface area contributed by atoms with E-state index in [0.29, 0.717) is 5.56 Å². The van der Waals surface area contributed by atoms with Crippen molar-refractivity contribution in [2.45, 2.75) is 18.6 Å². The number of carboxylic acids is 1. The summed E-state index contributed by atoms with van der Waals surface area (Å²) in [6.45, 7) is -0.198. The number of benzene rings is 3. The zero-order valence-electron chi connectivity index (χ0n) is 21.0. The van der Waals surface area contributed by atoms with Gasteiger partial charge < -0.3 is 25.6 Å². The first-order valence-electron chi connectivity index (χ1n) is 12.0. The highest BCUT2D eigenvalue weighted by Gasteiger charge is 2.31. The van der Waals surface area contributed by atoms with E-state index >= 15 is 0 Å². The molecule has 12 nitrogen and oxygen atoms in total. The Morgan fingerprint density at radius 1 is 0.875 bits per heavy atom. The van der Waals surface area contributed by atoms with Crippen LogP contribution in [0.4, 0.5) is 9.59 Å². The largest absolute Gasteiger partial charge is 0.480 e. The van der Waals surface area contributed by atoms with Crippen molar-refractivity contribution < 1.29 is 37.4 Å². The third-order valence-corrected chi connectivity index (χ3v) is 7.22. The van der Waals surface area contributed by atoms with E-state index in [1.807, 2.05) is 59.2 Å². The molecule has 0 spiro atoms. The first-order chi connectivity index (χ1) is 19.1. The standard InChI is InChI=1S/C27H26N4O8S/c28-25(30-27(35)38-14-17-8-2-1-3-9-17)31-40(36,37)16-23(24(32)33)29-26(34)39-15-22-20-12-6-4-10-18(20)19-11-5-7-13-21(19)22/h1-13,22-23H,14-16H2,(H,29,34)(H,32,33)(H3,28,30,31,35)/t23-/m0/s1. The van der Waals surface area contributed by atoms with Crippen molar-refractivity contribution in [2.24, 2.45) is 10.1 Å². The molecule has 1 atom stereocenters. The van der Waals surface area contributed by atoms with Gasteiger partial charge in [0.25, 0.3) is 10.0 Å². The Bertz CT molecular complexity index is 1500. The smallest absolute Gasteiger partial charge is 0.414 e. The van der Waals surface area contributed by atoms with Crippen LogP contribution in [0.25, 0.3) is 11.1 Å². The van der Waals surface area contributed by atoms with Crippen molar-refractivity contribution in [3.05, 3.63) is 95.6 Å². The number of carboxylic acid groups (broad SMARTS) is 1. The molecule has 0 saturated carbocycles. The summed E-state index contributed by atoms with van der Waals surface area (Å²) in [6.07, 6.45) is -2.18. The van der Waals surface area contributed by atoms with E-state index in [2.05, 4.69) is 4.40 Å². The fourth-order valence-electron chi connectivity index (χ4n) is 4.24. The molecule has 0 heterocycles. The third kappa shape index (κ3) is 7.14. The summed E-state index contributed by atoms with van der Waals surface area (Å²) in [5.41, 5.74) is 10.1. The maximum Gasteiger partial charge on any atom is 0.414 e. The second-order valence-corrected chi connectivity index (χ2v) is 10.5. The molecule has 0 aliphatic heterocycles. The second kappa shape index (κ2) is 12.3. The van der Waals surface area contributed by atoms with Crippen molar-refractivity contribution in [3.8, 4) is 11.1 Å². The number of fused-ring (bicyclic) bond motifs is 3. The molecule has 0 bridgehead atoms. The fourth-order valence-corrected chi connectivity index (χ4v) is 5.31. The lowest BCUT2D eigenvalue weighted by molar-refractivity contribution is -0.138. The molecule has 5 N–H and O–H groups in total. The molecule has 0 aromatic heterocycles. The Hall–Kier alpha value is -4.91. The molecule has 0 saturated heterocycles. The first-order valence-corrected chi connectivity index (χ1v) is 13.6. The number of ether oxygens (including phenoxy) is 2. The maximum atomic E-state index is 12.5. The van der Waals surface area contributed by atoms with Crippen molar-refractivity contribution in [2.75, 3.05) is 12.4 Å². The zero-order chi connectivity index (χ0) is 28.7. The normalized spacial score (nSPS) is 13.4. The van der Waals surface area contributed by atoms with Gasteiger partial charge in [0.15, 0.2) is 0 Å². The van der Waals surface area contributed by atoms with Crippen LogP contribution >= 0.6 is 0 Å². The summed E-state index contributed by atoms with van der Waals surface area (Å²) in [7, 11) is -4.55. The van der Waals surface area contributed by atoms with E-state index in [1.165, 1.54) is 0 Å². The molecule has 3 aromatic carbocycles. The molecule has 13 heteroatoms. The minimum atomic E-state index is -4.55. The number of aliphatic carboxylic acids is 1. The number of sulfonamides is 1. The van der Waals surface area contributed by atoms with E-state index in [9.17, 15) is 27.9 Å². The highest BCUT2D eigenvalue weighted by atomic mass is 32.2. The van der Waals surface area contributed by atoms with Crippen molar-refractivity contribution in [1.82, 2.24) is 10.6 Å². The summed E-state index contributed by atoms with van der Waals surface area (Å²) >= 11 is 0. The summed E-state index contributed by atoms with van der Waals surface area (Å²) in [4.78, 5) is 36.0. The molecular weight excluding hydrogens is 540 g/mol. The number of nitrogens with two attached hydrogens (primary N) is 1. The van der Waals surface area contributed by atoms with Gasteiger partial charge in [-0.25, -0.2) is 22.8 Å². The van der Waals surface area contributed by atoms with Crippen molar-refractivity contribution in [3.63, 3.8) is 0 Å². The number of nitrogens with one attached hydrogen (secondary N) is 2.